The number of likely N-dealkylation sites (tertiary alicyclic amines) is 1. The van der Waals surface area contributed by atoms with E-state index < -0.39 is 0 Å². The van der Waals surface area contributed by atoms with E-state index in [0.717, 1.165) is 51.9 Å². The Bertz CT molecular complexity index is 445. The molecule has 0 aromatic rings. The maximum absolute atomic E-state index is 5.49. The van der Waals surface area contributed by atoms with Gasteiger partial charge in [0.2, 0.25) is 0 Å². The van der Waals surface area contributed by atoms with Gasteiger partial charge in [0.1, 0.15) is 0 Å². The third kappa shape index (κ3) is 5.09. The van der Waals surface area contributed by atoms with Crippen LogP contribution in [0.5, 0.6) is 0 Å². The molecule has 1 N–H and O–H groups in total. The zero-order valence-corrected chi connectivity index (χ0v) is 17.0. The van der Waals surface area contributed by atoms with Crippen LogP contribution in [-0.4, -0.2) is 123 Å². The number of piperazine rings is 1. The molecule has 7 nitrogen and oxygen atoms in total. The number of hydrogen-bond acceptors (Lipinski definition) is 5. The normalized spacial score (nSPS) is 28.5. The average Bonchev–Trinajstić information content (AvgIpc) is 3.19. The van der Waals surface area contributed by atoms with Gasteiger partial charge in [-0.05, 0) is 19.9 Å². The Labute approximate surface area is 159 Å². The van der Waals surface area contributed by atoms with Crippen LogP contribution in [0.4, 0.5) is 0 Å². The maximum atomic E-state index is 5.49. The van der Waals surface area contributed by atoms with Crippen LogP contribution in [0.3, 0.4) is 0 Å². The lowest BCUT2D eigenvalue weighted by molar-refractivity contribution is 0.0194. The van der Waals surface area contributed by atoms with Gasteiger partial charge in [-0.25, -0.2) is 0 Å². The lowest BCUT2D eigenvalue weighted by Crippen LogP contribution is -2.53. The number of nitrogens with zero attached hydrogens (tertiary/aromatic N) is 5. The van der Waals surface area contributed by atoms with E-state index in [0.29, 0.717) is 12.1 Å². The van der Waals surface area contributed by atoms with Crippen LogP contribution in [0.25, 0.3) is 0 Å². The highest BCUT2D eigenvalue weighted by Gasteiger charge is 2.30. The summed E-state index contributed by atoms with van der Waals surface area (Å²) in [5.74, 6) is 1.07. The fourth-order valence-electron chi connectivity index (χ4n) is 4.40. The summed E-state index contributed by atoms with van der Waals surface area (Å²) in [6.45, 7) is 17.6. The molecule has 0 radical (unpaired) electrons. The summed E-state index contributed by atoms with van der Waals surface area (Å²) in [5.41, 5.74) is 0. The van der Waals surface area contributed by atoms with Crippen LogP contribution < -0.4 is 5.32 Å². The van der Waals surface area contributed by atoms with Gasteiger partial charge in [-0.1, -0.05) is 6.92 Å². The molecule has 3 rings (SSSR count). The van der Waals surface area contributed by atoms with E-state index in [4.69, 9.17) is 4.74 Å². The number of ether oxygens (including phenoxy) is 1. The number of guanidine groups is 1. The molecule has 3 aliphatic rings. The SMILES string of the molecule is CCN1CCN(C(C)CNC(=NC)N2CCC(N3CCOCC3)C2)CC1. The van der Waals surface area contributed by atoms with Gasteiger partial charge in [0.05, 0.1) is 13.2 Å². The third-order valence-electron chi connectivity index (χ3n) is 6.27. The van der Waals surface area contributed by atoms with Gasteiger partial charge in [0.15, 0.2) is 5.96 Å². The predicted octanol–water partition coefficient (Wildman–Crippen LogP) is -0.00570. The summed E-state index contributed by atoms with van der Waals surface area (Å²) in [4.78, 5) is 14.7. The van der Waals surface area contributed by atoms with Gasteiger partial charge in [0, 0.05) is 78.0 Å². The lowest BCUT2D eigenvalue weighted by Gasteiger charge is -2.38. The van der Waals surface area contributed by atoms with Crippen molar-refractivity contribution in [1.29, 1.82) is 0 Å². The van der Waals surface area contributed by atoms with E-state index in [1.54, 1.807) is 0 Å². The molecule has 7 heteroatoms. The summed E-state index contributed by atoms with van der Waals surface area (Å²) >= 11 is 0. The Morgan fingerprint density at radius 2 is 1.85 bits per heavy atom. The first-order chi connectivity index (χ1) is 12.7. The van der Waals surface area contributed by atoms with Crippen LogP contribution in [0, 0.1) is 0 Å². The van der Waals surface area contributed by atoms with Crippen LogP contribution in [0.2, 0.25) is 0 Å². The number of morpholine rings is 1. The second kappa shape index (κ2) is 9.88. The zero-order chi connectivity index (χ0) is 18.4. The van der Waals surface area contributed by atoms with E-state index in [-0.39, 0.29) is 0 Å². The number of aliphatic imine (C=N–C) groups is 1. The molecule has 0 amide bonds. The maximum Gasteiger partial charge on any atom is 0.193 e. The minimum atomic E-state index is 0.545. The number of likely N-dealkylation sites (N-methyl/N-ethyl adjacent to an activating group) is 1. The smallest absolute Gasteiger partial charge is 0.193 e. The molecule has 0 saturated carbocycles. The van der Waals surface area contributed by atoms with E-state index in [1.165, 1.54) is 39.1 Å². The molecular formula is C19H38N6O. The first kappa shape index (κ1) is 19.9. The fourth-order valence-corrected chi connectivity index (χ4v) is 4.40. The number of rotatable bonds is 5. The summed E-state index contributed by atoms with van der Waals surface area (Å²) in [5, 5.41) is 3.63. The highest BCUT2D eigenvalue weighted by molar-refractivity contribution is 5.80. The van der Waals surface area contributed by atoms with Crippen molar-refractivity contribution in [3.05, 3.63) is 0 Å². The zero-order valence-electron chi connectivity index (χ0n) is 17.0. The largest absolute Gasteiger partial charge is 0.379 e. The van der Waals surface area contributed by atoms with Crippen molar-refractivity contribution in [1.82, 2.24) is 24.9 Å². The lowest BCUT2D eigenvalue weighted by atomic mass is 10.2. The van der Waals surface area contributed by atoms with Crippen molar-refractivity contribution in [3.63, 3.8) is 0 Å². The Morgan fingerprint density at radius 3 is 2.50 bits per heavy atom. The van der Waals surface area contributed by atoms with Gasteiger partial charge in [0.25, 0.3) is 0 Å². The number of nitrogens with one attached hydrogen (secondary N) is 1. The molecule has 2 unspecified atom stereocenters. The quantitative estimate of drug-likeness (QED) is 0.546. The van der Waals surface area contributed by atoms with Gasteiger partial charge >= 0.3 is 0 Å². The van der Waals surface area contributed by atoms with E-state index in [1.807, 2.05) is 7.05 Å². The average molecular weight is 367 g/mol. The highest BCUT2D eigenvalue weighted by Crippen LogP contribution is 2.17. The van der Waals surface area contributed by atoms with Crippen molar-refractivity contribution < 1.29 is 4.74 Å². The molecule has 150 valence electrons. The Hall–Kier alpha value is -0.890. The molecule has 0 aromatic carbocycles. The Morgan fingerprint density at radius 1 is 1.12 bits per heavy atom. The molecule has 2 atom stereocenters. The molecule has 3 saturated heterocycles. The molecule has 3 heterocycles. The predicted molar refractivity (Wildman–Crippen MR) is 107 cm³/mol. The first-order valence-electron chi connectivity index (χ1n) is 10.4. The van der Waals surface area contributed by atoms with E-state index in [9.17, 15) is 0 Å². The van der Waals surface area contributed by atoms with Crippen molar-refractivity contribution in [3.8, 4) is 0 Å². The Kier molecular flexibility index (Phi) is 7.54. The minimum absolute atomic E-state index is 0.545. The molecular weight excluding hydrogens is 328 g/mol. The van der Waals surface area contributed by atoms with Gasteiger partial charge in [-0.3, -0.25) is 14.8 Å². The fraction of sp³-hybridized carbons (Fsp3) is 0.947. The van der Waals surface area contributed by atoms with Crippen LogP contribution in [0.1, 0.15) is 20.3 Å². The van der Waals surface area contributed by atoms with E-state index >= 15 is 0 Å². The van der Waals surface area contributed by atoms with Crippen LogP contribution >= 0.6 is 0 Å². The van der Waals surface area contributed by atoms with E-state index in [2.05, 4.69) is 43.8 Å². The van der Waals surface area contributed by atoms with Crippen LogP contribution in [0.15, 0.2) is 4.99 Å². The van der Waals surface area contributed by atoms with Crippen molar-refractivity contribution in [2.75, 3.05) is 85.7 Å². The van der Waals surface area contributed by atoms with Crippen molar-refractivity contribution >= 4 is 5.96 Å². The summed E-state index contributed by atoms with van der Waals surface area (Å²) in [7, 11) is 1.91. The minimum Gasteiger partial charge on any atom is -0.379 e. The first-order valence-corrected chi connectivity index (χ1v) is 10.4. The van der Waals surface area contributed by atoms with Gasteiger partial charge < -0.3 is 19.9 Å². The second-order valence-corrected chi connectivity index (χ2v) is 7.78. The standard InChI is InChI=1S/C19H38N6O/c1-4-22-7-9-23(10-8-22)17(2)15-21-19(20-3)25-6-5-18(16-25)24-11-13-26-14-12-24/h17-18H,4-16H2,1-3H3,(H,20,21). The second-order valence-electron chi connectivity index (χ2n) is 7.78. The molecule has 0 aromatic heterocycles. The molecule has 3 aliphatic heterocycles. The molecule has 0 spiro atoms. The monoisotopic (exact) mass is 366 g/mol. The van der Waals surface area contributed by atoms with Crippen molar-refractivity contribution in [2.24, 2.45) is 4.99 Å². The van der Waals surface area contributed by atoms with Crippen LogP contribution in [-0.2, 0) is 4.74 Å². The molecule has 0 bridgehead atoms. The molecule has 0 aliphatic carbocycles. The highest BCUT2D eigenvalue weighted by atomic mass is 16.5. The van der Waals surface area contributed by atoms with Gasteiger partial charge in [-0.15, -0.1) is 0 Å². The molecule has 3 fully saturated rings. The Balaban J connectivity index is 1.42. The summed E-state index contributed by atoms with van der Waals surface area (Å²) < 4.78 is 5.49. The number of hydrogen-bond donors (Lipinski definition) is 1. The molecule has 26 heavy (non-hydrogen) atoms. The van der Waals surface area contributed by atoms with Gasteiger partial charge in [-0.2, -0.15) is 0 Å². The third-order valence-corrected chi connectivity index (χ3v) is 6.27. The summed E-state index contributed by atoms with van der Waals surface area (Å²) in [6, 6.07) is 1.19. The van der Waals surface area contributed by atoms with Crippen molar-refractivity contribution in [2.45, 2.75) is 32.4 Å². The topological polar surface area (TPSA) is 46.6 Å². The summed E-state index contributed by atoms with van der Waals surface area (Å²) in [6.07, 6.45) is 1.23.